The molecule has 0 fully saturated rings. The number of thioether (sulfide) groups is 1. The molecule has 3 rings (SSSR count). The average Bonchev–Trinajstić information content (AvgIpc) is 3.00. The molecular weight excluding hydrogens is 382 g/mol. The van der Waals surface area contributed by atoms with Gasteiger partial charge in [0.1, 0.15) is 6.54 Å². The van der Waals surface area contributed by atoms with Crippen LogP contribution in [0.3, 0.4) is 0 Å². The zero-order valence-corrected chi connectivity index (χ0v) is 16.9. The summed E-state index contributed by atoms with van der Waals surface area (Å²) in [6.45, 7) is 5.73. The highest BCUT2D eigenvalue weighted by Crippen LogP contribution is 2.28. The summed E-state index contributed by atoms with van der Waals surface area (Å²) >= 11 is 7.37. The number of hydrogen-bond acceptors (Lipinski definition) is 4. The maximum atomic E-state index is 12.6. The summed E-state index contributed by atoms with van der Waals surface area (Å²) in [4.78, 5) is 30.8. The van der Waals surface area contributed by atoms with Crippen LogP contribution in [0.1, 0.15) is 18.1 Å². The first-order valence-electron chi connectivity index (χ1n) is 8.53. The van der Waals surface area contributed by atoms with E-state index in [-0.39, 0.29) is 18.4 Å². The highest BCUT2D eigenvalue weighted by Gasteiger charge is 2.30. The van der Waals surface area contributed by atoms with Gasteiger partial charge < -0.3 is 5.32 Å². The molecule has 1 N–H and O–H groups in total. The maximum Gasteiger partial charge on any atom is 0.254 e. The highest BCUT2D eigenvalue weighted by molar-refractivity contribution is 8.15. The van der Waals surface area contributed by atoms with Gasteiger partial charge in [-0.1, -0.05) is 47.1 Å². The van der Waals surface area contributed by atoms with Crippen LogP contribution < -0.4 is 10.2 Å². The molecule has 0 unspecified atom stereocenters. The van der Waals surface area contributed by atoms with E-state index >= 15 is 0 Å². The van der Waals surface area contributed by atoms with Crippen LogP contribution >= 0.6 is 23.4 Å². The van der Waals surface area contributed by atoms with Gasteiger partial charge in [-0.15, -0.1) is 0 Å². The molecule has 0 saturated heterocycles. The highest BCUT2D eigenvalue weighted by atomic mass is 35.5. The summed E-state index contributed by atoms with van der Waals surface area (Å²) in [7, 11) is 0. The van der Waals surface area contributed by atoms with Gasteiger partial charge in [-0.2, -0.15) is 0 Å². The SMILES string of the molecule is Cc1ccc(N2C(=O)CN=C2S[C@@H](C)C(=O)Nc2cccc(Cl)c2C)cc1. The fraction of sp³-hybridized carbons (Fsp3) is 0.250. The average molecular weight is 402 g/mol. The first-order valence-corrected chi connectivity index (χ1v) is 9.79. The van der Waals surface area contributed by atoms with Crippen LogP contribution in [0.5, 0.6) is 0 Å². The number of anilines is 2. The molecule has 5 nitrogen and oxygen atoms in total. The number of hydrogen-bond donors (Lipinski definition) is 1. The van der Waals surface area contributed by atoms with Crippen LogP contribution in [0.2, 0.25) is 5.02 Å². The summed E-state index contributed by atoms with van der Waals surface area (Å²) in [5.74, 6) is -0.268. The van der Waals surface area contributed by atoms with Gasteiger partial charge in [0, 0.05) is 10.7 Å². The van der Waals surface area contributed by atoms with Crippen molar-refractivity contribution in [3.8, 4) is 0 Å². The van der Waals surface area contributed by atoms with Gasteiger partial charge in [0.15, 0.2) is 5.17 Å². The van der Waals surface area contributed by atoms with E-state index in [2.05, 4.69) is 10.3 Å². The minimum absolute atomic E-state index is 0.0952. The molecule has 1 aliphatic rings. The number of benzene rings is 2. The molecule has 27 heavy (non-hydrogen) atoms. The monoisotopic (exact) mass is 401 g/mol. The zero-order valence-electron chi connectivity index (χ0n) is 15.3. The summed E-state index contributed by atoms with van der Waals surface area (Å²) in [6.07, 6.45) is 0. The second-order valence-electron chi connectivity index (χ2n) is 6.33. The molecule has 0 aromatic heterocycles. The standard InChI is InChI=1S/C20H20ClN3O2S/c1-12-7-9-15(10-8-12)24-18(25)11-22-20(24)27-14(3)19(26)23-17-6-4-5-16(21)13(17)2/h4-10,14H,11H2,1-3H3,(H,23,26)/t14-/m0/s1. The molecule has 0 spiro atoms. The lowest BCUT2D eigenvalue weighted by Gasteiger charge is -2.20. The van der Waals surface area contributed by atoms with Crippen molar-refractivity contribution in [2.75, 3.05) is 16.8 Å². The predicted octanol–water partition coefficient (Wildman–Crippen LogP) is 4.42. The first-order chi connectivity index (χ1) is 12.9. The van der Waals surface area contributed by atoms with Gasteiger partial charge >= 0.3 is 0 Å². The summed E-state index contributed by atoms with van der Waals surface area (Å²) in [6, 6.07) is 13.0. The number of halogens is 1. The number of nitrogens with one attached hydrogen (secondary N) is 1. The predicted molar refractivity (Wildman–Crippen MR) is 113 cm³/mol. The third-order valence-corrected chi connectivity index (χ3v) is 5.76. The lowest BCUT2D eigenvalue weighted by atomic mass is 10.2. The number of amides is 2. The Morgan fingerprint density at radius 2 is 1.93 bits per heavy atom. The number of rotatable bonds is 4. The number of carbonyl (C=O) groups is 2. The Labute approximate surface area is 167 Å². The van der Waals surface area contributed by atoms with E-state index < -0.39 is 5.25 Å². The van der Waals surface area contributed by atoms with E-state index in [1.807, 2.05) is 44.2 Å². The van der Waals surface area contributed by atoms with Crippen LogP contribution in [0, 0.1) is 13.8 Å². The van der Waals surface area contributed by atoms with Gasteiger partial charge in [0.25, 0.3) is 5.91 Å². The molecule has 1 atom stereocenters. The maximum absolute atomic E-state index is 12.6. The normalized spacial score (nSPS) is 14.9. The van der Waals surface area contributed by atoms with Crippen molar-refractivity contribution in [1.82, 2.24) is 0 Å². The molecule has 2 amide bonds. The van der Waals surface area contributed by atoms with Crippen molar-refractivity contribution in [1.29, 1.82) is 0 Å². The van der Waals surface area contributed by atoms with Gasteiger partial charge in [-0.3, -0.25) is 19.5 Å². The van der Waals surface area contributed by atoms with Gasteiger partial charge in [-0.05, 0) is 50.6 Å². The molecule has 0 saturated carbocycles. The third-order valence-electron chi connectivity index (χ3n) is 4.26. The van der Waals surface area contributed by atoms with Gasteiger partial charge in [0.05, 0.1) is 10.9 Å². The Kier molecular flexibility index (Phi) is 5.87. The van der Waals surface area contributed by atoms with Crippen molar-refractivity contribution in [3.63, 3.8) is 0 Å². The number of amidine groups is 1. The molecule has 1 aliphatic heterocycles. The minimum atomic E-state index is -0.430. The van der Waals surface area contributed by atoms with Crippen molar-refractivity contribution in [3.05, 3.63) is 58.6 Å². The fourth-order valence-corrected chi connectivity index (χ4v) is 3.72. The van der Waals surface area contributed by atoms with E-state index in [0.717, 1.165) is 16.8 Å². The van der Waals surface area contributed by atoms with Crippen LogP contribution in [-0.2, 0) is 9.59 Å². The Hall–Kier alpha value is -2.31. The second-order valence-corrected chi connectivity index (χ2v) is 8.04. The topological polar surface area (TPSA) is 61.8 Å². The van der Waals surface area contributed by atoms with E-state index in [4.69, 9.17) is 11.6 Å². The molecule has 0 bridgehead atoms. The van der Waals surface area contributed by atoms with Crippen LogP contribution in [-0.4, -0.2) is 28.8 Å². The lowest BCUT2D eigenvalue weighted by Crippen LogP contribution is -2.33. The molecule has 0 radical (unpaired) electrons. The van der Waals surface area contributed by atoms with Crippen LogP contribution in [0.25, 0.3) is 0 Å². The summed E-state index contributed by atoms with van der Waals surface area (Å²) in [5.41, 5.74) is 3.37. The lowest BCUT2D eigenvalue weighted by molar-refractivity contribution is -0.116. The minimum Gasteiger partial charge on any atom is -0.325 e. The Morgan fingerprint density at radius 1 is 1.22 bits per heavy atom. The number of nitrogens with zero attached hydrogens (tertiary/aromatic N) is 2. The Bertz CT molecular complexity index is 912. The summed E-state index contributed by atoms with van der Waals surface area (Å²) < 4.78 is 0. The number of aryl methyl sites for hydroxylation is 1. The van der Waals surface area contributed by atoms with E-state index in [1.54, 1.807) is 24.0 Å². The third kappa shape index (κ3) is 4.34. The fourth-order valence-electron chi connectivity index (χ4n) is 2.61. The molecule has 0 aliphatic carbocycles. The second kappa shape index (κ2) is 8.15. The molecule has 2 aromatic carbocycles. The summed E-state index contributed by atoms with van der Waals surface area (Å²) in [5, 5.41) is 3.60. The van der Waals surface area contributed by atoms with Crippen LogP contribution in [0.4, 0.5) is 11.4 Å². The van der Waals surface area contributed by atoms with Gasteiger partial charge in [-0.25, -0.2) is 0 Å². The number of aliphatic imine (C=N–C) groups is 1. The largest absolute Gasteiger partial charge is 0.325 e. The van der Waals surface area contributed by atoms with E-state index in [0.29, 0.717) is 15.9 Å². The van der Waals surface area contributed by atoms with Crippen molar-refractivity contribution in [2.24, 2.45) is 4.99 Å². The Morgan fingerprint density at radius 3 is 2.63 bits per heavy atom. The van der Waals surface area contributed by atoms with Crippen molar-refractivity contribution >= 4 is 51.7 Å². The van der Waals surface area contributed by atoms with Crippen molar-refractivity contribution in [2.45, 2.75) is 26.0 Å². The van der Waals surface area contributed by atoms with Crippen LogP contribution in [0.15, 0.2) is 47.5 Å². The molecular formula is C20H20ClN3O2S. The van der Waals surface area contributed by atoms with Crippen molar-refractivity contribution < 1.29 is 9.59 Å². The molecule has 1 heterocycles. The quantitative estimate of drug-likeness (QED) is 0.824. The number of carbonyl (C=O) groups excluding carboxylic acids is 2. The molecule has 7 heteroatoms. The van der Waals surface area contributed by atoms with E-state index in [9.17, 15) is 9.59 Å². The van der Waals surface area contributed by atoms with Gasteiger partial charge in [0.2, 0.25) is 5.91 Å². The zero-order chi connectivity index (χ0) is 19.6. The first kappa shape index (κ1) is 19.5. The van der Waals surface area contributed by atoms with E-state index in [1.165, 1.54) is 11.8 Å². The Balaban J connectivity index is 1.71. The molecule has 140 valence electrons. The molecule has 2 aromatic rings. The smallest absolute Gasteiger partial charge is 0.254 e.